The fraction of sp³-hybridized carbons (Fsp3) is 0.600. The van der Waals surface area contributed by atoms with Gasteiger partial charge in [0.2, 0.25) is 10.0 Å². The zero-order valence-electron chi connectivity index (χ0n) is 13.3. The van der Waals surface area contributed by atoms with Gasteiger partial charge in [0.1, 0.15) is 5.75 Å². The number of benzene rings is 1. The molecule has 1 heterocycles. The Balaban J connectivity index is 0.00000242. The standard InChI is InChI=1S/C15H24N2O3S.ClH/c1-11(2)20-15-7-6-14(9-12(15)3)21(18,19)17-10-13-5-4-8-16-13;/h6-7,9,11,13,16-17H,4-5,8,10H2,1-3H3;1H. The minimum atomic E-state index is -3.46. The summed E-state index contributed by atoms with van der Waals surface area (Å²) in [6.07, 6.45) is 2.19. The summed E-state index contributed by atoms with van der Waals surface area (Å²) in [7, 11) is -3.46. The van der Waals surface area contributed by atoms with Crippen molar-refractivity contribution in [3.63, 3.8) is 0 Å². The summed E-state index contributed by atoms with van der Waals surface area (Å²) in [5, 5.41) is 3.28. The molecule has 126 valence electrons. The third kappa shape index (κ3) is 5.12. The van der Waals surface area contributed by atoms with E-state index in [0.29, 0.717) is 6.54 Å². The van der Waals surface area contributed by atoms with E-state index in [1.54, 1.807) is 18.2 Å². The second kappa shape index (κ2) is 8.15. The highest BCUT2D eigenvalue weighted by Crippen LogP contribution is 2.22. The summed E-state index contributed by atoms with van der Waals surface area (Å²) in [4.78, 5) is 0.286. The molecule has 1 fully saturated rings. The van der Waals surface area contributed by atoms with Crippen molar-refractivity contribution < 1.29 is 13.2 Å². The van der Waals surface area contributed by atoms with Gasteiger partial charge in [-0.1, -0.05) is 0 Å². The molecule has 0 bridgehead atoms. The molecule has 1 saturated heterocycles. The first-order chi connectivity index (χ1) is 9.88. The number of ether oxygens (including phenoxy) is 1. The summed E-state index contributed by atoms with van der Waals surface area (Å²) in [6.45, 7) is 7.15. The van der Waals surface area contributed by atoms with Crippen molar-refractivity contribution in [2.24, 2.45) is 0 Å². The maximum Gasteiger partial charge on any atom is 0.240 e. The quantitative estimate of drug-likeness (QED) is 0.827. The molecule has 7 heteroatoms. The molecule has 0 amide bonds. The Morgan fingerprint density at radius 1 is 1.41 bits per heavy atom. The van der Waals surface area contributed by atoms with Gasteiger partial charge in [0.25, 0.3) is 0 Å². The average Bonchev–Trinajstić information content (AvgIpc) is 2.91. The molecule has 2 rings (SSSR count). The van der Waals surface area contributed by atoms with Gasteiger partial charge in [-0.2, -0.15) is 0 Å². The van der Waals surface area contributed by atoms with Crippen LogP contribution in [0.5, 0.6) is 5.75 Å². The molecule has 1 aromatic rings. The Labute approximate surface area is 139 Å². The lowest BCUT2D eigenvalue weighted by Crippen LogP contribution is -2.37. The molecule has 0 spiro atoms. The van der Waals surface area contributed by atoms with Gasteiger partial charge < -0.3 is 10.1 Å². The van der Waals surface area contributed by atoms with E-state index < -0.39 is 10.0 Å². The van der Waals surface area contributed by atoms with E-state index in [4.69, 9.17) is 4.74 Å². The normalized spacial score (nSPS) is 18.3. The molecule has 1 unspecified atom stereocenters. The summed E-state index contributed by atoms with van der Waals surface area (Å²) >= 11 is 0. The van der Waals surface area contributed by atoms with Crippen LogP contribution in [0.4, 0.5) is 0 Å². The van der Waals surface area contributed by atoms with Gasteiger partial charge in [0, 0.05) is 12.6 Å². The molecular weight excluding hydrogens is 324 g/mol. The Hall–Kier alpha value is -0.820. The molecule has 5 nitrogen and oxygen atoms in total. The smallest absolute Gasteiger partial charge is 0.240 e. The highest BCUT2D eigenvalue weighted by molar-refractivity contribution is 7.89. The second-order valence-electron chi connectivity index (χ2n) is 5.74. The lowest BCUT2D eigenvalue weighted by molar-refractivity contribution is 0.240. The van der Waals surface area contributed by atoms with Crippen LogP contribution in [0.2, 0.25) is 0 Å². The van der Waals surface area contributed by atoms with E-state index in [1.807, 2.05) is 20.8 Å². The van der Waals surface area contributed by atoms with E-state index in [-0.39, 0.29) is 29.4 Å². The molecule has 2 N–H and O–H groups in total. The van der Waals surface area contributed by atoms with Crippen LogP contribution in [0.15, 0.2) is 23.1 Å². The van der Waals surface area contributed by atoms with E-state index in [0.717, 1.165) is 30.7 Å². The van der Waals surface area contributed by atoms with Crippen molar-refractivity contribution in [2.75, 3.05) is 13.1 Å². The molecule has 1 atom stereocenters. The Morgan fingerprint density at radius 2 is 2.14 bits per heavy atom. The lowest BCUT2D eigenvalue weighted by Gasteiger charge is -2.15. The SMILES string of the molecule is Cc1cc(S(=O)(=O)NCC2CCCN2)ccc1OC(C)C.Cl. The number of rotatable bonds is 6. The number of aryl methyl sites for hydroxylation is 1. The largest absolute Gasteiger partial charge is 0.491 e. The van der Waals surface area contributed by atoms with Gasteiger partial charge in [0.15, 0.2) is 0 Å². The van der Waals surface area contributed by atoms with Gasteiger partial charge in [-0.15, -0.1) is 12.4 Å². The molecule has 0 radical (unpaired) electrons. The minimum absolute atomic E-state index is 0. The van der Waals surface area contributed by atoms with Crippen LogP contribution in [0, 0.1) is 6.92 Å². The molecule has 1 aromatic carbocycles. The van der Waals surface area contributed by atoms with Crippen LogP contribution in [-0.4, -0.2) is 33.7 Å². The van der Waals surface area contributed by atoms with Crippen molar-refractivity contribution in [3.05, 3.63) is 23.8 Å². The van der Waals surface area contributed by atoms with Gasteiger partial charge >= 0.3 is 0 Å². The Kier molecular flexibility index (Phi) is 7.12. The van der Waals surface area contributed by atoms with Crippen LogP contribution in [0.1, 0.15) is 32.3 Å². The fourth-order valence-electron chi connectivity index (χ4n) is 2.40. The topological polar surface area (TPSA) is 67.4 Å². The monoisotopic (exact) mass is 348 g/mol. The summed E-state index contributed by atoms with van der Waals surface area (Å²) in [6, 6.07) is 5.21. The predicted octanol–water partition coefficient (Wildman–Crippen LogP) is 2.23. The van der Waals surface area contributed by atoms with Crippen LogP contribution in [0.25, 0.3) is 0 Å². The van der Waals surface area contributed by atoms with Gasteiger partial charge in [-0.25, -0.2) is 13.1 Å². The van der Waals surface area contributed by atoms with Crippen LogP contribution >= 0.6 is 12.4 Å². The van der Waals surface area contributed by atoms with Gasteiger partial charge in [-0.05, 0) is 63.9 Å². The Morgan fingerprint density at radius 3 is 2.68 bits per heavy atom. The summed E-state index contributed by atoms with van der Waals surface area (Å²) in [5.41, 5.74) is 0.825. The summed E-state index contributed by atoms with van der Waals surface area (Å²) in [5.74, 6) is 0.724. The molecule has 0 aliphatic carbocycles. The van der Waals surface area contributed by atoms with Crippen LogP contribution < -0.4 is 14.8 Å². The molecular formula is C15H25ClN2O3S. The van der Waals surface area contributed by atoms with E-state index in [2.05, 4.69) is 10.0 Å². The number of nitrogens with one attached hydrogen (secondary N) is 2. The first-order valence-electron chi connectivity index (χ1n) is 7.39. The lowest BCUT2D eigenvalue weighted by atomic mass is 10.2. The fourth-order valence-corrected chi connectivity index (χ4v) is 3.57. The van der Waals surface area contributed by atoms with Gasteiger partial charge in [0.05, 0.1) is 11.0 Å². The molecule has 22 heavy (non-hydrogen) atoms. The van der Waals surface area contributed by atoms with Crippen molar-refractivity contribution >= 4 is 22.4 Å². The van der Waals surface area contributed by atoms with E-state index >= 15 is 0 Å². The first kappa shape index (κ1) is 19.2. The Bertz CT molecular complexity index is 584. The maximum atomic E-state index is 12.3. The number of sulfonamides is 1. The third-order valence-corrected chi connectivity index (χ3v) is 4.92. The molecule has 1 aliphatic heterocycles. The van der Waals surface area contributed by atoms with Crippen molar-refractivity contribution in [1.29, 1.82) is 0 Å². The second-order valence-corrected chi connectivity index (χ2v) is 7.51. The molecule has 0 aromatic heterocycles. The highest BCUT2D eigenvalue weighted by atomic mass is 35.5. The van der Waals surface area contributed by atoms with Crippen molar-refractivity contribution in [3.8, 4) is 5.75 Å². The number of hydrogen-bond donors (Lipinski definition) is 2. The van der Waals surface area contributed by atoms with Crippen LogP contribution in [0.3, 0.4) is 0 Å². The van der Waals surface area contributed by atoms with E-state index in [9.17, 15) is 8.42 Å². The predicted molar refractivity (Wildman–Crippen MR) is 90.4 cm³/mol. The number of hydrogen-bond acceptors (Lipinski definition) is 4. The summed E-state index contributed by atoms with van der Waals surface area (Å²) < 4.78 is 32.9. The van der Waals surface area contributed by atoms with E-state index in [1.165, 1.54) is 0 Å². The minimum Gasteiger partial charge on any atom is -0.491 e. The molecule has 1 aliphatic rings. The number of halogens is 1. The third-order valence-electron chi connectivity index (χ3n) is 3.50. The van der Waals surface area contributed by atoms with Crippen molar-refractivity contribution in [2.45, 2.75) is 50.7 Å². The average molecular weight is 349 g/mol. The highest BCUT2D eigenvalue weighted by Gasteiger charge is 2.20. The van der Waals surface area contributed by atoms with Crippen molar-refractivity contribution in [1.82, 2.24) is 10.0 Å². The zero-order chi connectivity index (χ0) is 15.5. The van der Waals surface area contributed by atoms with Gasteiger partial charge in [-0.3, -0.25) is 0 Å². The van der Waals surface area contributed by atoms with Crippen LogP contribution in [-0.2, 0) is 10.0 Å². The first-order valence-corrected chi connectivity index (χ1v) is 8.87. The maximum absolute atomic E-state index is 12.3. The zero-order valence-corrected chi connectivity index (χ0v) is 14.9. The molecule has 0 saturated carbocycles.